The molecule has 2 aliphatic rings. The molecule has 0 spiro atoms. The van der Waals surface area contributed by atoms with E-state index >= 15 is 0 Å². The lowest BCUT2D eigenvalue weighted by molar-refractivity contribution is -0.134. The molecule has 4 rings (SSSR count). The van der Waals surface area contributed by atoms with Crippen molar-refractivity contribution in [3.05, 3.63) is 59.1 Å². The average molecular weight is 513 g/mol. The van der Waals surface area contributed by atoms with Gasteiger partial charge in [0.1, 0.15) is 11.9 Å². The van der Waals surface area contributed by atoms with Crippen molar-refractivity contribution in [2.75, 3.05) is 26.2 Å². The van der Waals surface area contributed by atoms with E-state index in [1.165, 1.54) is 4.31 Å². The van der Waals surface area contributed by atoms with E-state index in [2.05, 4.69) is 0 Å². The molecule has 2 aromatic carbocycles. The van der Waals surface area contributed by atoms with E-state index in [9.17, 15) is 22.0 Å². The minimum absolute atomic E-state index is 0.0310. The number of hydrogen-bond acceptors (Lipinski definition) is 4. The van der Waals surface area contributed by atoms with Gasteiger partial charge >= 0.3 is 0 Å². The predicted octanol–water partition coefficient (Wildman–Crippen LogP) is 4.48. The molecule has 2 fully saturated rings. The first-order valence-corrected chi connectivity index (χ1v) is 13.2. The summed E-state index contributed by atoms with van der Waals surface area (Å²) in [4.78, 5) is 14.5. The van der Waals surface area contributed by atoms with E-state index in [0.29, 0.717) is 36.3 Å². The number of sulfonamides is 1. The van der Waals surface area contributed by atoms with Gasteiger partial charge in [0.2, 0.25) is 15.9 Å². The van der Waals surface area contributed by atoms with Crippen molar-refractivity contribution in [3.63, 3.8) is 0 Å². The number of piperidine rings is 2. The second-order valence-corrected chi connectivity index (χ2v) is 11.1. The molecule has 34 heavy (non-hydrogen) atoms. The normalized spacial score (nSPS) is 21.9. The Labute approximate surface area is 203 Å². The van der Waals surface area contributed by atoms with Crippen LogP contribution in [0.3, 0.4) is 0 Å². The Morgan fingerprint density at radius 1 is 1.03 bits per heavy atom. The summed E-state index contributed by atoms with van der Waals surface area (Å²) in [6.45, 7) is 1.55. The van der Waals surface area contributed by atoms with Gasteiger partial charge in [-0.3, -0.25) is 4.79 Å². The summed E-state index contributed by atoms with van der Waals surface area (Å²) in [5.41, 5.74) is 0. The summed E-state index contributed by atoms with van der Waals surface area (Å²) in [6, 6.07) is 9.46. The Morgan fingerprint density at radius 2 is 1.79 bits per heavy atom. The molecule has 0 bridgehead atoms. The Bertz CT molecular complexity index is 1140. The second kappa shape index (κ2) is 10.6. The smallest absolute Gasteiger partial charge is 0.243 e. The molecule has 0 saturated carbocycles. The van der Waals surface area contributed by atoms with Crippen molar-refractivity contribution in [3.8, 4) is 5.75 Å². The topological polar surface area (TPSA) is 66.9 Å². The van der Waals surface area contributed by atoms with Crippen molar-refractivity contribution in [2.24, 2.45) is 5.92 Å². The van der Waals surface area contributed by atoms with Crippen LogP contribution in [-0.2, 0) is 14.8 Å². The monoisotopic (exact) mass is 512 g/mol. The Balaban J connectivity index is 1.55. The van der Waals surface area contributed by atoms with Gasteiger partial charge in [-0.1, -0.05) is 17.7 Å². The van der Waals surface area contributed by atoms with Gasteiger partial charge in [-0.15, -0.1) is 0 Å². The number of benzene rings is 2. The number of amides is 1. The van der Waals surface area contributed by atoms with Crippen LogP contribution in [0, 0.1) is 17.6 Å². The average Bonchev–Trinajstić information content (AvgIpc) is 2.82. The number of likely N-dealkylation sites (tertiary alicyclic amines) is 1. The highest BCUT2D eigenvalue weighted by molar-refractivity contribution is 7.89. The van der Waals surface area contributed by atoms with Gasteiger partial charge in [0.05, 0.1) is 4.90 Å². The minimum atomic E-state index is -4.07. The van der Waals surface area contributed by atoms with E-state index in [4.69, 9.17) is 16.3 Å². The quantitative estimate of drug-likeness (QED) is 0.572. The van der Waals surface area contributed by atoms with E-state index in [0.717, 1.165) is 31.4 Å². The number of carbonyl (C=O) groups excluding carboxylic acids is 1. The van der Waals surface area contributed by atoms with Crippen molar-refractivity contribution < 1.29 is 26.7 Å². The molecular weight excluding hydrogens is 486 g/mol. The first-order chi connectivity index (χ1) is 16.2. The van der Waals surface area contributed by atoms with Gasteiger partial charge in [-0.25, -0.2) is 17.2 Å². The van der Waals surface area contributed by atoms with Crippen LogP contribution >= 0.6 is 11.6 Å². The van der Waals surface area contributed by atoms with Crippen LogP contribution in [0.2, 0.25) is 5.02 Å². The van der Waals surface area contributed by atoms with Gasteiger partial charge < -0.3 is 9.64 Å². The Morgan fingerprint density at radius 3 is 2.50 bits per heavy atom. The van der Waals surface area contributed by atoms with Gasteiger partial charge in [-0.05, 0) is 62.1 Å². The number of rotatable bonds is 6. The molecule has 2 heterocycles. The SMILES string of the molecule is O=C(C[C@H]1CN(S(=O)(=O)c2ccc(F)c(F)c2)CC[C@@H]1Oc1cccc(Cl)c1)N1CCCCC1. The molecule has 184 valence electrons. The standard InChI is InChI=1S/C24H27ClF2N2O4S/c25-18-5-4-6-19(14-18)33-23-9-12-29(34(31,32)20-7-8-21(26)22(27)15-20)16-17(23)13-24(30)28-10-2-1-3-11-28/h4-8,14-15,17,23H,1-3,9-13,16H2/t17-,23-/m0/s1. The fourth-order valence-electron chi connectivity index (χ4n) is 4.54. The van der Waals surface area contributed by atoms with E-state index in [-0.39, 0.29) is 30.3 Å². The van der Waals surface area contributed by atoms with Gasteiger partial charge in [0, 0.05) is 43.5 Å². The third-order valence-corrected chi connectivity index (χ3v) is 8.48. The number of carbonyl (C=O) groups is 1. The summed E-state index contributed by atoms with van der Waals surface area (Å²) in [7, 11) is -4.07. The molecule has 2 aromatic rings. The molecule has 1 amide bonds. The van der Waals surface area contributed by atoms with Crippen LogP contribution in [0.1, 0.15) is 32.1 Å². The van der Waals surface area contributed by atoms with Crippen molar-refractivity contribution in [1.29, 1.82) is 0 Å². The predicted molar refractivity (Wildman–Crippen MR) is 124 cm³/mol. The highest BCUT2D eigenvalue weighted by Gasteiger charge is 2.38. The van der Waals surface area contributed by atoms with Crippen LogP contribution in [-0.4, -0.2) is 55.8 Å². The molecule has 10 heteroatoms. The molecule has 0 aliphatic carbocycles. The molecule has 6 nitrogen and oxygen atoms in total. The zero-order chi connectivity index (χ0) is 24.3. The summed E-state index contributed by atoms with van der Waals surface area (Å²) in [6.07, 6.45) is 3.07. The van der Waals surface area contributed by atoms with Gasteiger partial charge in [0.25, 0.3) is 0 Å². The summed E-state index contributed by atoms with van der Waals surface area (Å²) in [5.74, 6) is -2.24. The zero-order valence-corrected chi connectivity index (χ0v) is 20.2. The Hall–Kier alpha value is -2.23. The fourth-order valence-corrected chi connectivity index (χ4v) is 6.25. The largest absolute Gasteiger partial charge is 0.490 e. The first-order valence-electron chi connectivity index (χ1n) is 11.4. The van der Waals surface area contributed by atoms with Crippen LogP contribution < -0.4 is 4.74 Å². The third kappa shape index (κ3) is 5.70. The van der Waals surface area contributed by atoms with Crippen molar-refractivity contribution in [2.45, 2.75) is 43.1 Å². The van der Waals surface area contributed by atoms with Crippen LogP contribution in [0.5, 0.6) is 5.75 Å². The molecule has 2 atom stereocenters. The maximum atomic E-state index is 13.7. The molecular formula is C24H27ClF2N2O4S. The molecule has 0 N–H and O–H groups in total. The van der Waals surface area contributed by atoms with Gasteiger partial charge in [0.15, 0.2) is 11.6 Å². The highest BCUT2D eigenvalue weighted by atomic mass is 35.5. The second-order valence-electron chi connectivity index (χ2n) is 8.75. The molecule has 2 saturated heterocycles. The number of ether oxygens (including phenoxy) is 1. The lowest BCUT2D eigenvalue weighted by atomic mass is 9.91. The minimum Gasteiger partial charge on any atom is -0.490 e. The van der Waals surface area contributed by atoms with Crippen LogP contribution in [0.25, 0.3) is 0 Å². The molecule has 0 radical (unpaired) electrons. The fraction of sp³-hybridized carbons (Fsp3) is 0.458. The Kier molecular flexibility index (Phi) is 7.74. The molecule has 0 aromatic heterocycles. The summed E-state index contributed by atoms with van der Waals surface area (Å²) in [5, 5.41) is 0.511. The van der Waals surface area contributed by atoms with Gasteiger partial charge in [-0.2, -0.15) is 4.31 Å². The number of nitrogens with zero attached hydrogens (tertiary/aromatic N) is 2. The van der Waals surface area contributed by atoms with Crippen LogP contribution in [0.4, 0.5) is 8.78 Å². The summed E-state index contributed by atoms with van der Waals surface area (Å²) >= 11 is 6.07. The molecule has 0 unspecified atom stereocenters. The highest BCUT2D eigenvalue weighted by Crippen LogP contribution is 2.31. The third-order valence-electron chi connectivity index (χ3n) is 6.38. The van der Waals surface area contributed by atoms with Crippen molar-refractivity contribution in [1.82, 2.24) is 9.21 Å². The molecule has 2 aliphatic heterocycles. The number of halogens is 3. The van der Waals surface area contributed by atoms with Crippen molar-refractivity contribution >= 4 is 27.5 Å². The number of hydrogen-bond donors (Lipinski definition) is 0. The lowest BCUT2D eigenvalue weighted by Gasteiger charge is -2.38. The zero-order valence-electron chi connectivity index (χ0n) is 18.6. The maximum absolute atomic E-state index is 13.7. The lowest BCUT2D eigenvalue weighted by Crippen LogP contribution is -2.49. The van der Waals surface area contributed by atoms with Crippen LogP contribution in [0.15, 0.2) is 47.4 Å². The summed E-state index contributed by atoms with van der Waals surface area (Å²) < 4.78 is 60.8. The first kappa shape index (κ1) is 24.9. The van der Waals surface area contributed by atoms with E-state index in [1.807, 2.05) is 4.90 Å². The maximum Gasteiger partial charge on any atom is 0.243 e. The van der Waals surface area contributed by atoms with E-state index in [1.54, 1.807) is 24.3 Å². The van der Waals surface area contributed by atoms with E-state index < -0.39 is 33.7 Å².